The maximum atomic E-state index is 13.0. The molecule has 5 nitrogen and oxygen atoms in total. The minimum absolute atomic E-state index is 0.0804. The van der Waals surface area contributed by atoms with E-state index >= 15 is 0 Å². The lowest BCUT2D eigenvalue weighted by Crippen LogP contribution is -2.47. The van der Waals surface area contributed by atoms with Crippen molar-refractivity contribution < 1.29 is 19.0 Å². The number of benzene rings is 1. The second-order valence-electron chi connectivity index (χ2n) is 5.46. The minimum atomic E-state index is -0.346. The molecular weight excluding hydrogens is 287 g/mol. The highest BCUT2D eigenvalue weighted by atomic mass is 19.1. The molecule has 1 aromatic carbocycles. The predicted molar refractivity (Wildman–Crippen MR) is 81.2 cm³/mol. The molecule has 1 aliphatic rings. The fraction of sp³-hybridized carbons (Fsp3) is 0.562. The zero-order valence-electron chi connectivity index (χ0n) is 12.6. The van der Waals surface area contributed by atoms with Gasteiger partial charge >= 0.3 is 0 Å². The number of amides is 1. The summed E-state index contributed by atoms with van der Waals surface area (Å²) in [6, 6.07) is 5.99. The Bertz CT molecular complexity index is 484. The van der Waals surface area contributed by atoms with Crippen LogP contribution in [-0.4, -0.2) is 54.8 Å². The number of carbonyl (C=O) groups excluding carboxylic acids is 1. The Morgan fingerprint density at radius 2 is 2.32 bits per heavy atom. The monoisotopic (exact) mass is 310 g/mol. The summed E-state index contributed by atoms with van der Waals surface area (Å²) in [6.07, 6.45) is 3.10. The molecule has 0 aliphatic carbocycles. The van der Waals surface area contributed by atoms with E-state index in [0.717, 1.165) is 25.8 Å². The first-order chi connectivity index (χ1) is 10.7. The van der Waals surface area contributed by atoms with Crippen LogP contribution in [0.4, 0.5) is 4.39 Å². The molecule has 2 N–H and O–H groups in total. The van der Waals surface area contributed by atoms with E-state index in [9.17, 15) is 14.3 Å². The van der Waals surface area contributed by atoms with Crippen LogP contribution in [0.1, 0.15) is 19.3 Å². The zero-order chi connectivity index (χ0) is 15.8. The van der Waals surface area contributed by atoms with Crippen molar-refractivity contribution in [1.82, 2.24) is 10.2 Å². The number of piperidine rings is 1. The van der Waals surface area contributed by atoms with Gasteiger partial charge in [-0.3, -0.25) is 9.69 Å². The highest BCUT2D eigenvalue weighted by Crippen LogP contribution is 2.15. The first kappa shape index (κ1) is 16.7. The maximum Gasteiger partial charge on any atom is 0.234 e. The topological polar surface area (TPSA) is 61.8 Å². The summed E-state index contributed by atoms with van der Waals surface area (Å²) >= 11 is 0. The second kappa shape index (κ2) is 8.70. The van der Waals surface area contributed by atoms with Crippen molar-refractivity contribution in [2.45, 2.75) is 25.3 Å². The zero-order valence-corrected chi connectivity index (χ0v) is 12.6. The molecule has 122 valence electrons. The third-order valence-corrected chi connectivity index (χ3v) is 3.80. The van der Waals surface area contributed by atoms with Gasteiger partial charge in [-0.05, 0) is 31.5 Å². The lowest BCUT2D eigenvalue weighted by molar-refractivity contribution is -0.123. The second-order valence-corrected chi connectivity index (χ2v) is 5.46. The number of ether oxygens (including phenoxy) is 1. The highest BCUT2D eigenvalue weighted by molar-refractivity contribution is 5.78. The molecule has 6 heteroatoms. The Kier molecular flexibility index (Phi) is 6.61. The van der Waals surface area contributed by atoms with E-state index in [2.05, 4.69) is 5.32 Å². The Labute approximate surface area is 130 Å². The fourth-order valence-electron chi connectivity index (χ4n) is 2.63. The number of carbonyl (C=O) groups is 1. The SMILES string of the molecule is O=C(CN1CCCC[C@@H]1CO)NCCOc1cccc(F)c1. The number of nitrogens with zero attached hydrogens (tertiary/aromatic N) is 1. The van der Waals surface area contributed by atoms with Crippen molar-refractivity contribution in [3.8, 4) is 5.75 Å². The summed E-state index contributed by atoms with van der Waals surface area (Å²) in [5.41, 5.74) is 0. The third-order valence-electron chi connectivity index (χ3n) is 3.80. The number of likely N-dealkylation sites (tertiary alicyclic amines) is 1. The van der Waals surface area contributed by atoms with E-state index in [1.807, 2.05) is 4.90 Å². The van der Waals surface area contributed by atoms with Crippen molar-refractivity contribution in [2.24, 2.45) is 0 Å². The van der Waals surface area contributed by atoms with Crippen LogP contribution in [0.5, 0.6) is 5.75 Å². The van der Waals surface area contributed by atoms with Gasteiger partial charge in [-0.2, -0.15) is 0 Å². The molecule has 1 fully saturated rings. The van der Waals surface area contributed by atoms with Crippen molar-refractivity contribution in [1.29, 1.82) is 0 Å². The van der Waals surface area contributed by atoms with Gasteiger partial charge < -0.3 is 15.2 Å². The molecule has 1 saturated heterocycles. The van der Waals surface area contributed by atoms with Gasteiger partial charge in [0.05, 0.1) is 19.7 Å². The normalized spacial score (nSPS) is 18.9. The van der Waals surface area contributed by atoms with Crippen LogP contribution in [0.3, 0.4) is 0 Å². The highest BCUT2D eigenvalue weighted by Gasteiger charge is 2.23. The van der Waals surface area contributed by atoms with Gasteiger partial charge in [-0.1, -0.05) is 12.5 Å². The van der Waals surface area contributed by atoms with Crippen LogP contribution in [0.2, 0.25) is 0 Å². The summed E-state index contributed by atoms with van der Waals surface area (Å²) in [5, 5.41) is 12.1. The molecule has 0 aromatic heterocycles. The van der Waals surface area contributed by atoms with Gasteiger partial charge in [0.2, 0.25) is 5.91 Å². The molecule has 0 spiro atoms. The van der Waals surface area contributed by atoms with Crippen LogP contribution in [-0.2, 0) is 4.79 Å². The number of aliphatic hydroxyl groups is 1. The molecule has 1 amide bonds. The molecular formula is C16H23FN2O3. The standard InChI is InChI=1S/C16H23FN2O3/c17-13-4-3-6-15(10-13)22-9-7-18-16(21)11-19-8-2-1-5-14(19)12-20/h3-4,6,10,14,20H,1-2,5,7-9,11-12H2,(H,18,21)/t14-/m1/s1. The maximum absolute atomic E-state index is 13.0. The quantitative estimate of drug-likeness (QED) is 0.742. The summed E-state index contributed by atoms with van der Waals surface area (Å²) in [6.45, 7) is 1.89. The Morgan fingerprint density at radius 1 is 1.45 bits per heavy atom. The van der Waals surface area contributed by atoms with Crippen LogP contribution in [0, 0.1) is 5.82 Å². The summed E-state index contributed by atoms with van der Waals surface area (Å²) in [5.74, 6) is 0.0236. The molecule has 22 heavy (non-hydrogen) atoms. The van der Waals surface area contributed by atoms with E-state index in [1.54, 1.807) is 12.1 Å². The Hall–Kier alpha value is -1.66. The number of hydrogen-bond donors (Lipinski definition) is 2. The molecule has 1 aliphatic heterocycles. The number of rotatable bonds is 7. The molecule has 0 unspecified atom stereocenters. The van der Waals surface area contributed by atoms with Crippen molar-refractivity contribution in [2.75, 3.05) is 32.8 Å². The summed E-state index contributed by atoms with van der Waals surface area (Å²) in [4.78, 5) is 13.9. The number of hydrogen-bond acceptors (Lipinski definition) is 4. The number of halogens is 1. The molecule has 1 atom stereocenters. The molecule has 1 heterocycles. The summed E-state index contributed by atoms with van der Waals surface area (Å²) in [7, 11) is 0. The van der Waals surface area contributed by atoms with Crippen LogP contribution in [0.25, 0.3) is 0 Å². The van der Waals surface area contributed by atoms with Gasteiger partial charge in [0.15, 0.2) is 0 Å². The molecule has 0 bridgehead atoms. The lowest BCUT2D eigenvalue weighted by atomic mass is 10.0. The fourth-order valence-corrected chi connectivity index (χ4v) is 2.63. The minimum Gasteiger partial charge on any atom is -0.492 e. The number of nitrogens with one attached hydrogen (secondary N) is 1. The average Bonchev–Trinajstić information content (AvgIpc) is 2.52. The first-order valence-corrected chi connectivity index (χ1v) is 7.69. The third kappa shape index (κ3) is 5.27. The van der Waals surface area contributed by atoms with Gasteiger partial charge in [-0.15, -0.1) is 0 Å². The molecule has 0 saturated carbocycles. The number of aliphatic hydroxyl groups excluding tert-OH is 1. The largest absolute Gasteiger partial charge is 0.492 e. The smallest absolute Gasteiger partial charge is 0.234 e. The average molecular weight is 310 g/mol. The van der Waals surface area contributed by atoms with Gasteiger partial charge in [0.1, 0.15) is 18.2 Å². The van der Waals surface area contributed by atoms with E-state index in [4.69, 9.17) is 4.74 Å². The van der Waals surface area contributed by atoms with Gasteiger partial charge in [-0.25, -0.2) is 4.39 Å². The predicted octanol–water partition coefficient (Wildman–Crippen LogP) is 1.17. The van der Waals surface area contributed by atoms with Crippen LogP contribution < -0.4 is 10.1 Å². The van der Waals surface area contributed by atoms with E-state index in [0.29, 0.717) is 25.4 Å². The molecule has 1 aromatic rings. The van der Waals surface area contributed by atoms with Gasteiger partial charge in [0.25, 0.3) is 0 Å². The lowest BCUT2D eigenvalue weighted by Gasteiger charge is -2.33. The van der Waals surface area contributed by atoms with Crippen LogP contribution in [0.15, 0.2) is 24.3 Å². The molecule has 0 radical (unpaired) electrons. The van der Waals surface area contributed by atoms with E-state index in [-0.39, 0.29) is 24.4 Å². The van der Waals surface area contributed by atoms with Crippen molar-refractivity contribution >= 4 is 5.91 Å². The Morgan fingerprint density at radius 3 is 3.09 bits per heavy atom. The Balaban J connectivity index is 1.65. The van der Waals surface area contributed by atoms with Gasteiger partial charge in [0, 0.05) is 12.1 Å². The molecule has 2 rings (SSSR count). The van der Waals surface area contributed by atoms with Crippen molar-refractivity contribution in [3.63, 3.8) is 0 Å². The van der Waals surface area contributed by atoms with Crippen LogP contribution >= 0.6 is 0 Å². The first-order valence-electron chi connectivity index (χ1n) is 7.69. The van der Waals surface area contributed by atoms with Crippen molar-refractivity contribution in [3.05, 3.63) is 30.1 Å². The van der Waals surface area contributed by atoms with E-state index in [1.165, 1.54) is 12.1 Å². The van der Waals surface area contributed by atoms with E-state index < -0.39 is 0 Å². The summed E-state index contributed by atoms with van der Waals surface area (Å²) < 4.78 is 18.3.